The summed E-state index contributed by atoms with van der Waals surface area (Å²) in [5.41, 5.74) is 0. The molecular formula is C14H14N2O3S. The van der Waals surface area contributed by atoms with Crippen molar-refractivity contribution >= 4 is 17.2 Å². The van der Waals surface area contributed by atoms with E-state index in [1.165, 1.54) is 11.3 Å². The van der Waals surface area contributed by atoms with Gasteiger partial charge >= 0.3 is 0 Å². The number of nitriles is 1. The predicted molar refractivity (Wildman–Crippen MR) is 74.2 cm³/mol. The lowest BCUT2D eigenvalue weighted by Crippen LogP contribution is -2.44. The average molecular weight is 290 g/mol. The minimum Gasteiger partial charge on any atom is -0.395 e. The maximum Gasteiger partial charge on any atom is 0.264 e. The molecule has 1 aromatic heterocycles. The zero-order valence-electron chi connectivity index (χ0n) is 10.8. The summed E-state index contributed by atoms with van der Waals surface area (Å²) in [5, 5.41) is 17.5. The predicted octanol–water partition coefficient (Wildman–Crippen LogP) is 0.847. The van der Waals surface area contributed by atoms with Crippen LogP contribution in [-0.4, -0.2) is 48.3 Å². The van der Waals surface area contributed by atoms with Crippen LogP contribution in [0.4, 0.5) is 0 Å². The molecule has 1 aromatic rings. The van der Waals surface area contributed by atoms with Crippen molar-refractivity contribution < 1.29 is 14.6 Å². The lowest BCUT2D eigenvalue weighted by Gasteiger charge is -2.29. The van der Waals surface area contributed by atoms with Crippen molar-refractivity contribution in [3.8, 4) is 17.9 Å². The number of carbonyl (C=O) groups excluding carboxylic acids is 1. The number of thiophene rings is 1. The highest BCUT2D eigenvalue weighted by molar-refractivity contribution is 7.14. The first-order chi connectivity index (χ1) is 9.74. The molecule has 1 aliphatic rings. The van der Waals surface area contributed by atoms with Gasteiger partial charge in [-0.2, -0.15) is 5.26 Å². The van der Waals surface area contributed by atoms with Gasteiger partial charge in [0.05, 0.1) is 35.6 Å². The Kier molecular flexibility index (Phi) is 5.14. The summed E-state index contributed by atoms with van der Waals surface area (Å²) in [6, 6.07) is 5.56. The second-order valence-corrected chi connectivity index (χ2v) is 5.26. The third kappa shape index (κ3) is 3.58. The van der Waals surface area contributed by atoms with Crippen LogP contribution in [0.25, 0.3) is 0 Å². The molecule has 0 aliphatic carbocycles. The van der Waals surface area contributed by atoms with Crippen LogP contribution in [0.1, 0.15) is 21.0 Å². The minimum absolute atomic E-state index is 0.0352. The van der Waals surface area contributed by atoms with E-state index in [2.05, 4.69) is 11.8 Å². The van der Waals surface area contributed by atoms with Crippen LogP contribution in [0, 0.1) is 23.2 Å². The van der Waals surface area contributed by atoms with Crippen LogP contribution >= 0.6 is 11.3 Å². The topological polar surface area (TPSA) is 73.6 Å². The molecule has 2 heterocycles. The molecular weight excluding hydrogens is 276 g/mol. The second kappa shape index (κ2) is 7.06. The molecule has 1 saturated heterocycles. The van der Waals surface area contributed by atoms with Gasteiger partial charge in [-0.05, 0) is 12.1 Å². The van der Waals surface area contributed by atoms with Crippen LogP contribution in [0.3, 0.4) is 0 Å². The first-order valence-electron chi connectivity index (χ1n) is 6.24. The molecule has 0 saturated carbocycles. The fourth-order valence-electron chi connectivity index (χ4n) is 1.79. The van der Waals surface area contributed by atoms with E-state index in [1.807, 2.05) is 6.07 Å². The molecule has 2 rings (SSSR count). The van der Waals surface area contributed by atoms with Gasteiger partial charge in [0.2, 0.25) is 0 Å². The molecule has 0 bridgehead atoms. The van der Waals surface area contributed by atoms with E-state index in [-0.39, 0.29) is 12.5 Å². The number of rotatable bonds is 2. The summed E-state index contributed by atoms with van der Waals surface area (Å²) in [6.45, 7) is 1.23. The number of morpholine rings is 1. The maximum absolute atomic E-state index is 12.3. The van der Waals surface area contributed by atoms with Crippen molar-refractivity contribution in [1.29, 1.82) is 5.26 Å². The van der Waals surface area contributed by atoms with Crippen molar-refractivity contribution in [2.75, 3.05) is 26.3 Å². The van der Waals surface area contributed by atoms with Crippen LogP contribution in [-0.2, 0) is 4.74 Å². The van der Waals surface area contributed by atoms with E-state index in [0.29, 0.717) is 31.0 Å². The molecule has 104 valence electrons. The Hall–Kier alpha value is -1.86. The Labute approximate surface area is 121 Å². The summed E-state index contributed by atoms with van der Waals surface area (Å²) < 4.78 is 5.22. The molecule has 1 N–H and O–H groups in total. The van der Waals surface area contributed by atoms with Crippen molar-refractivity contribution in [3.63, 3.8) is 0 Å². The number of ether oxygens (including phenoxy) is 1. The average Bonchev–Trinajstić information content (AvgIpc) is 2.95. The van der Waals surface area contributed by atoms with Crippen molar-refractivity contribution in [1.82, 2.24) is 4.90 Å². The van der Waals surface area contributed by atoms with Crippen LogP contribution < -0.4 is 0 Å². The summed E-state index contributed by atoms with van der Waals surface area (Å²) >= 11 is 1.32. The molecule has 0 radical (unpaired) electrons. The maximum atomic E-state index is 12.3. The number of hydrogen-bond acceptors (Lipinski definition) is 5. The van der Waals surface area contributed by atoms with Gasteiger partial charge in [0.1, 0.15) is 0 Å². The number of nitrogens with zero attached hydrogens (tertiary/aromatic N) is 2. The van der Waals surface area contributed by atoms with Gasteiger partial charge < -0.3 is 14.7 Å². The highest BCUT2D eigenvalue weighted by Gasteiger charge is 2.25. The van der Waals surface area contributed by atoms with Gasteiger partial charge in [-0.1, -0.05) is 11.8 Å². The Morgan fingerprint density at radius 1 is 1.60 bits per heavy atom. The Morgan fingerprint density at radius 3 is 3.20 bits per heavy atom. The molecule has 1 fully saturated rings. The van der Waals surface area contributed by atoms with Gasteiger partial charge in [-0.15, -0.1) is 11.3 Å². The van der Waals surface area contributed by atoms with Crippen molar-refractivity contribution in [2.45, 2.75) is 12.5 Å². The number of amides is 1. The fraction of sp³-hybridized carbons (Fsp3) is 0.429. The van der Waals surface area contributed by atoms with Gasteiger partial charge in [0.25, 0.3) is 5.91 Å². The number of aliphatic hydroxyl groups is 1. The second-order valence-electron chi connectivity index (χ2n) is 4.18. The molecule has 1 unspecified atom stereocenters. The van der Waals surface area contributed by atoms with Crippen molar-refractivity contribution in [3.05, 3.63) is 21.9 Å². The molecule has 6 heteroatoms. The quantitative estimate of drug-likeness (QED) is 0.819. The Bertz CT molecular complexity index is 579. The van der Waals surface area contributed by atoms with Gasteiger partial charge in [-0.3, -0.25) is 4.79 Å². The van der Waals surface area contributed by atoms with E-state index >= 15 is 0 Å². The number of carbonyl (C=O) groups is 1. The van der Waals surface area contributed by atoms with E-state index < -0.39 is 6.10 Å². The normalized spacial score (nSPS) is 18.0. The Balaban J connectivity index is 2.03. The molecule has 0 spiro atoms. The smallest absolute Gasteiger partial charge is 0.264 e. The Morgan fingerprint density at radius 2 is 2.45 bits per heavy atom. The molecule has 5 nitrogen and oxygen atoms in total. The first kappa shape index (κ1) is 14.5. The first-order valence-corrected chi connectivity index (χ1v) is 7.06. The summed E-state index contributed by atoms with van der Waals surface area (Å²) in [4.78, 5) is 15.3. The molecule has 1 atom stereocenters. The van der Waals surface area contributed by atoms with E-state index in [0.717, 1.165) is 4.88 Å². The third-order valence-electron chi connectivity index (χ3n) is 2.76. The zero-order valence-corrected chi connectivity index (χ0v) is 11.7. The van der Waals surface area contributed by atoms with E-state index in [9.17, 15) is 4.79 Å². The number of hydrogen-bond donors (Lipinski definition) is 1. The molecule has 1 aliphatic heterocycles. The van der Waals surface area contributed by atoms with E-state index in [4.69, 9.17) is 15.1 Å². The lowest BCUT2D eigenvalue weighted by molar-refractivity contribution is 0.00369. The monoisotopic (exact) mass is 290 g/mol. The van der Waals surface area contributed by atoms with Crippen LogP contribution in [0.5, 0.6) is 0 Å². The van der Waals surface area contributed by atoms with E-state index in [1.54, 1.807) is 17.0 Å². The van der Waals surface area contributed by atoms with Gasteiger partial charge in [-0.25, -0.2) is 0 Å². The molecule has 1 amide bonds. The van der Waals surface area contributed by atoms with Gasteiger partial charge in [0, 0.05) is 13.0 Å². The summed E-state index contributed by atoms with van der Waals surface area (Å²) in [5.74, 6) is 5.64. The standard InChI is InChI=1S/C14H14N2O3S/c15-9-11-10-16(6-8-19-11)14(18)13-5-4-12(20-13)3-1-2-7-17/h4-5,11,17H,2,6-8,10H2. The zero-order chi connectivity index (χ0) is 14.4. The van der Waals surface area contributed by atoms with Gasteiger partial charge in [0.15, 0.2) is 6.10 Å². The number of aliphatic hydroxyl groups excluding tert-OH is 1. The SMILES string of the molecule is N#CC1CN(C(=O)c2ccc(C#CCCO)s2)CCO1. The van der Waals surface area contributed by atoms with Crippen LogP contribution in [0.15, 0.2) is 12.1 Å². The molecule has 0 aromatic carbocycles. The third-order valence-corrected chi connectivity index (χ3v) is 3.75. The lowest BCUT2D eigenvalue weighted by atomic mass is 10.2. The molecule has 20 heavy (non-hydrogen) atoms. The van der Waals surface area contributed by atoms with Crippen LogP contribution in [0.2, 0.25) is 0 Å². The fourth-order valence-corrected chi connectivity index (χ4v) is 2.64. The highest BCUT2D eigenvalue weighted by atomic mass is 32.1. The van der Waals surface area contributed by atoms with Crippen molar-refractivity contribution in [2.24, 2.45) is 0 Å². The highest BCUT2D eigenvalue weighted by Crippen LogP contribution is 2.19. The summed E-state index contributed by atoms with van der Waals surface area (Å²) in [7, 11) is 0. The minimum atomic E-state index is -0.545. The summed E-state index contributed by atoms with van der Waals surface area (Å²) in [6.07, 6.45) is -0.120. The largest absolute Gasteiger partial charge is 0.395 e.